The number of nitrogens with zero attached hydrogens (tertiary/aromatic N) is 2. The minimum atomic E-state index is -0.636. The van der Waals surface area contributed by atoms with Crippen molar-refractivity contribution in [3.05, 3.63) is 84.4 Å². The first kappa shape index (κ1) is 13.3. The third-order valence-corrected chi connectivity index (χ3v) is 3.87. The van der Waals surface area contributed by atoms with E-state index in [0.29, 0.717) is 0 Å². The molecule has 0 aromatic heterocycles. The Bertz CT molecular complexity index is 669. The Morgan fingerprint density at radius 2 is 1.62 bits per heavy atom. The summed E-state index contributed by atoms with van der Waals surface area (Å²) in [5.74, 6) is 0.157. The van der Waals surface area contributed by atoms with Crippen LogP contribution in [-0.4, -0.2) is 11.3 Å². The SMILES string of the molecule is C=C[C@@H]1C[C@@]1(C#N)N=C(c1ccccc1)c1ccccc1. The Morgan fingerprint density at radius 3 is 2.00 bits per heavy atom. The van der Waals surface area contributed by atoms with Crippen LogP contribution in [0.5, 0.6) is 0 Å². The highest BCUT2D eigenvalue weighted by molar-refractivity contribution is 6.13. The van der Waals surface area contributed by atoms with Gasteiger partial charge in [0, 0.05) is 17.0 Å². The van der Waals surface area contributed by atoms with Crippen LogP contribution in [0.25, 0.3) is 0 Å². The van der Waals surface area contributed by atoms with Gasteiger partial charge < -0.3 is 0 Å². The molecule has 0 aliphatic heterocycles. The molecule has 0 heterocycles. The molecule has 2 nitrogen and oxygen atoms in total. The van der Waals surface area contributed by atoms with E-state index < -0.39 is 5.54 Å². The van der Waals surface area contributed by atoms with Crippen LogP contribution >= 0.6 is 0 Å². The van der Waals surface area contributed by atoms with Crippen molar-refractivity contribution in [3.63, 3.8) is 0 Å². The standard InChI is InChI=1S/C19H16N2/c1-2-17-13-19(17,14-20)21-18(15-9-5-3-6-10-15)16-11-7-4-8-12-16/h2-12,17H,1,13H2/t17-,19+/m1/s1. The summed E-state index contributed by atoms with van der Waals surface area (Å²) in [7, 11) is 0. The van der Waals surface area contributed by atoms with E-state index in [2.05, 4.69) is 12.6 Å². The van der Waals surface area contributed by atoms with Crippen molar-refractivity contribution in [1.82, 2.24) is 0 Å². The summed E-state index contributed by atoms with van der Waals surface area (Å²) in [6.45, 7) is 3.80. The minimum Gasteiger partial charge on any atom is -0.262 e. The van der Waals surface area contributed by atoms with Crippen LogP contribution in [0.3, 0.4) is 0 Å². The first-order valence-corrected chi connectivity index (χ1v) is 7.03. The van der Waals surface area contributed by atoms with Gasteiger partial charge in [-0.15, -0.1) is 6.58 Å². The highest BCUT2D eigenvalue weighted by atomic mass is 15.0. The molecule has 1 fully saturated rings. The summed E-state index contributed by atoms with van der Waals surface area (Å²) < 4.78 is 0. The molecule has 2 aromatic carbocycles. The third-order valence-electron chi connectivity index (χ3n) is 3.87. The minimum absolute atomic E-state index is 0.157. The molecule has 102 valence electrons. The lowest BCUT2D eigenvalue weighted by Gasteiger charge is -2.10. The van der Waals surface area contributed by atoms with Crippen molar-refractivity contribution < 1.29 is 0 Å². The molecular weight excluding hydrogens is 256 g/mol. The van der Waals surface area contributed by atoms with E-state index in [1.54, 1.807) is 0 Å². The summed E-state index contributed by atoms with van der Waals surface area (Å²) in [6, 6.07) is 22.4. The number of aliphatic imine (C=N–C) groups is 1. The molecule has 0 saturated heterocycles. The smallest absolute Gasteiger partial charge is 0.154 e. The fourth-order valence-electron chi connectivity index (χ4n) is 2.52. The Hall–Kier alpha value is -2.66. The maximum atomic E-state index is 9.50. The van der Waals surface area contributed by atoms with E-state index >= 15 is 0 Å². The summed E-state index contributed by atoms with van der Waals surface area (Å²) in [5.41, 5.74) is 2.31. The molecule has 0 radical (unpaired) electrons. The second-order valence-corrected chi connectivity index (χ2v) is 5.27. The number of hydrogen-bond donors (Lipinski definition) is 0. The van der Waals surface area contributed by atoms with Gasteiger partial charge in [0.05, 0.1) is 11.8 Å². The topological polar surface area (TPSA) is 36.1 Å². The van der Waals surface area contributed by atoms with E-state index in [4.69, 9.17) is 4.99 Å². The van der Waals surface area contributed by atoms with Gasteiger partial charge in [0.2, 0.25) is 0 Å². The van der Waals surface area contributed by atoms with Crippen molar-refractivity contribution in [2.75, 3.05) is 0 Å². The maximum absolute atomic E-state index is 9.50. The van der Waals surface area contributed by atoms with E-state index in [0.717, 1.165) is 23.3 Å². The quantitative estimate of drug-likeness (QED) is 0.612. The molecule has 21 heavy (non-hydrogen) atoms. The Labute approximate surface area is 125 Å². The molecule has 3 rings (SSSR count). The lowest BCUT2D eigenvalue weighted by molar-refractivity contribution is 0.818. The second kappa shape index (κ2) is 5.38. The molecular formula is C19H16N2. The zero-order chi connectivity index (χ0) is 14.7. The average Bonchev–Trinajstić information content (AvgIpc) is 3.28. The van der Waals surface area contributed by atoms with Crippen LogP contribution in [0.1, 0.15) is 17.5 Å². The first-order chi connectivity index (χ1) is 10.3. The fraction of sp³-hybridized carbons (Fsp3) is 0.158. The summed E-state index contributed by atoms with van der Waals surface area (Å²) in [6.07, 6.45) is 2.59. The molecule has 1 saturated carbocycles. The normalized spacial score (nSPS) is 22.9. The molecule has 2 atom stereocenters. The Kier molecular flexibility index (Phi) is 3.41. The van der Waals surface area contributed by atoms with Crippen LogP contribution in [-0.2, 0) is 0 Å². The van der Waals surface area contributed by atoms with Crippen molar-refractivity contribution in [1.29, 1.82) is 5.26 Å². The predicted molar refractivity (Wildman–Crippen MR) is 85.2 cm³/mol. The molecule has 1 aliphatic carbocycles. The van der Waals surface area contributed by atoms with E-state index in [1.165, 1.54) is 0 Å². The van der Waals surface area contributed by atoms with Crippen LogP contribution in [0.15, 0.2) is 78.3 Å². The van der Waals surface area contributed by atoms with Crippen molar-refractivity contribution >= 4 is 5.71 Å². The van der Waals surface area contributed by atoms with E-state index in [9.17, 15) is 5.26 Å². The number of benzene rings is 2. The first-order valence-electron chi connectivity index (χ1n) is 7.03. The van der Waals surface area contributed by atoms with Gasteiger partial charge in [0.25, 0.3) is 0 Å². The largest absolute Gasteiger partial charge is 0.262 e. The lowest BCUT2D eigenvalue weighted by Crippen LogP contribution is -2.12. The van der Waals surface area contributed by atoms with Crippen molar-refractivity contribution in [3.8, 4) is 6.07 Å². The Morgan fingerprint density at radius 1 is 1.10 bits per heavy atom. The molecule has 0 amide bonds. The Balaban J connectivity index is 2.11. The lowest BCUT2D eigenvalue weighted by atomic mass is 10.0. The van der Waals surface area contributed by atoms with Gasteiger partial charge in [0.15, 0.2) is 5.54 Å². The molecule has 0 bridgehead atoms. The summed E-state index contributed by atoms with van der Waals surface area (Å²) in [4.78, 5) is 4.82. The molecule has 1 aliphatic rings. The molecule has 0 N–H and O–H groups in total. The van der Waals surface area contributed by atoms with Gasteiger partial charge in [0.1, 0.15) is 0 Å². The third kappa shape index (κ3) is 2.51. The van der Waals surface area contributed by atoms with Gasteiger partial charge in [-0.3, -0.25) is 4.99 Å². The monoisotopic (exact) mass is 272 g/mol. The number of hydrogen-bond acceptors (Lipinski definition) is 2. The fourth-order valence-corrected chi connectivity index (χ4v) is 2.52. The van der Waals surface area contributed by atoms with E-state index in [-0.39, 0.29) is 5.92 Å². The maximum Gasteiger partial charge on any atom is 0.154 e. The van der Waals surface area contributed by atoms with Crippen molar-refractivity contribution in [2.45, 2.75) is 12.0 Å². The van der Waals surface area contributed by atoms with Crippen molar-refractivity contribution in [2.24, 2.45) is 10.9 Å². The summed E-state index contributed by atoms with van der Waals surface area (Å²) >= 11 is 0. The molecule has 2 aromatic rings. The highest BCUT2D eigenvalue weighted by Crippen LogP contribution is 2.48. The highest BCUT2D eigenvalue weighted by Gasteiger charge is 2.53. The molecule has 0 unspecified atom stereocenters. The molecule has 0 spiro atoms. The predicted octanol–water partition coefficient (Wildman–Crippen LogP) is 3.99. The van der Waals surface area contributed by atoms with Gasteiger partial charge >= 0.3 is 0 Å². The van der Waals surface area contributed by atoms with Crippen LogP contribution in [0.4, 0.5) is 0 Å². The summed E-state index contributed by atoms with van der Waals surface area (Å²) in [5, 5.41) is 9.50. The number of rotatable bonds is 4. The van der Waals surface area contributed by atoms with Gasteiger partial charge in [-0.05, 0) is 6.42 Å². The van der Waals surface area contributed by atoms with E-state index in [1.807, 2.05) is 66.7 Å². The average molecular weight is 272 g/mol. The number of nitriles is 1. The van der Waals surface area contributed by atoms with Gasteiger partial charge in [-0.1, -0.05) is 66.7 Å². The zero-order valence-corrected chi connectivity index (χ0v) is 11.7. The zero-order valence-electron chi connectivity index (χ0n) is 11.7. The molecule has 2 heteroatoms. The second-order valence-electron chi connectivity index (χ2n) is 5.27. The van der Waals surface area contributed by atoms with Crippen LogP contribution in [0, 0.1) is 17.2 Å². The van der Waals surface area contributed by atoms with Gasteiger partial charge in [-0.25, -0.2) is 0 Å². The van der Waals surface area contributed by atoms with Gasteiger partial charge in [-0.2, -0.15) is 5.26 Å². The van der Waals surface area contributed by atoms with Crippen LogP contribution < -0.4 is 0 Å². The van der Waals surface area contributed by atoms with Crippen LogP contribution in [0.2, 0.25) is 0 Å².